The first kappa shape index (κ1) is 14.4. The van der Waals surface area contributed by atoms with Crippen molar-refractivity contribution in [2.75, 3.05) is 13.1 Å². The van der Waals surface area contributed by atoms with E-state index in [1.165, 1.54) is 6.26 Å². The molecule has 1 atom stereocenters. The largest absolute Gasteiger partial charge is 0.459 e. The van der Waals surface area contributed by atoms with Gasteiger partial charge in [-0.2, -0.15) is 4.98 Å². The third-order valence-electron chi connectivity index (χ3n) is 4.77. The van der Waals surface area contributed by atoms with Gasteiger partial charge in [-0.3, -0.25) is 4.79 Å². The van der Waals surface area contributed by atoms with E-state index in [0.29, 0.717) is 30.6 Å². The summed E-state index contributed by atoms with van der Waals surface area (Å²) >= 11 is 0. The van der Waals surface area contributed by atoms with Crippen LogP contribution in [0.3, 0.4) is 0 Å². The van der Waals surface area contributed by atoms with Crippen LogP contribution in [0.25, 0.3) is 0 Å². The smallest absolute Gasteiger partial charge is 0.289 e. The maximum atomic E-state index is 12.3. The van der Waals surface area contributed by atoms with E-state index in [2.05, 4.69) is 10.1 Å². The summed E-state index contributed by atoms with van der Waals surface area (Å²) in [6.07, 6.45) is 4.89. The Balaban J connectivity index is 1.39. The van der Waals surface area contributed by atoms with E-state index in [1.807, 2.05) is 4.90 Å². The second-order valence-corrected chi connectivity index (χ2v) is 6.28. The molecule has 1 spiro atoms. The van der Waals surface area contributed by atoms with Gasteiger partial charge in [-0.1, -0.05) is 5.16 Å². The second kappa shape index (κ2) is 5.49. The molecule has 2 aromatic heterocycles. The fraction of sp³-hybridized carbons (Fsp3) is 0.562. The highest BCUT2D eigenvalue weighted by Crippen LogP contribution is 2.44. The minimum Gasteiger partial charge on any atom is -0.459 e. The van der Waals surface area contributed by atoms with Gasteiger partial charge in [0, 0.05) is 13.1 Å². The Morgan fingerprint density at radius 1 is 1.35 bits per heavy atom. The number of hydrogen-bond donors (Lipinski definition) is 0. The summed E-state index contributed by atoms with van der Waals surface area (Å²) in [5, 5.41) is 3.83. The fourth-order valence-corrected chi connectivity index (χ4v) is 3.47. The average molecular weight is 317 g/mol. The molecule has 0 radical (unpaired) electrons. The summed E-state index contributed by atoms with van der Waals surface area (Å²) in [6.45, 7) is 3.15. The topological polar surface area (TPSA) is 81.6 Å². The Kier molecular flexibility index (Phi) is 3.45. The summed E-state index contributed by atoms with van der Waals surface area (Å²) in [6, 6.07) is 3.43. The van der Waals surface area contributed by atoms with Crippen molar-refractivity contribution in [3.63, 3.8) is 0 Å². The van der Waals surface area contributed by atoms with Crippen LogP contribution in [-0.2, 0) is 4.74 Å². The van der Waals surface area contributed by atoms with E-state index in [4.69, 9.17) is 13.7 Å². The maximum Gasteiger partial charge on any atom is 0.289 e. The van der Waals surface area contributed by atoms with Crippen molar-refractivity contribution in [3.05, 3.63) is 35.9 Å². The van der Waals surface area contributed by atoms with Crippen LogP contribution in [0.4, 0.5) is 0 Å². The summed E-state index contributed by atoms with van der Waals surface area (Å²) < 4.78 is 16.7. The first-order valence-corrected chi connectivity index (χ1v) is 7.96. The van der Waals surface area contributed by atoms with Gasteiger partial charge >= 0.3 is 0 Å². The van der Waals surface area contributed by atoms with E-state index in [1.54, 1.807) is 19.1 Å². The number of carbonyl (C=O) groups is 1. The number of carbonyl (C=O) groups excluding carboxylic acids is 1. The normalized spacial score (nSPS) is 23.5. The summed E-state index contributed by atoms with van der Waals surface area (Å²) in [4.78, 5) is 18.4. The first-order valence-electron chi connectivity index (χ1n) is 7.96. The van der Waals surface area contributed by atoms with Gasteiger partial charge in [0.15, 0.2) is 11.6 Å². The molecule has 0 aliphatic carbocycles. The quantitative estimate of drug-likeness (QED) is 0.846. The molecule has 0 saturated carbocycles. The second-order valence-electron chi connectivity index (χ2n) is 6.28. The van der Waals surface area contributed by atoms with Crippen LogP contribution in [-0.4, -0.2) is 39.6 Å². The number of piperidine rings is 1. The minimum atomic E-state index is -0.174. The molecule has 122 valence electrons. The first-order chi connectivity index (χ1) is 11.2. The molecule has 4 rings (SSSR count). The van der Waals surface area contributed by atoms with Crippen LogP contribution in [0.2, 0.25) is 0 Å². The zero-order chi connectivity index (χ0) is 15.9. The third kappa shape index (κ3) is 2.65. The van der Waals surface area contributed by atoms with Crippen molar-refractivity contribution >= 4 is 5.91 Å². The molecule has 4 heterocycles. The molecule has 0 aromatic carbocycles. The zero-order valence-corrected chi connectivity index (χ0v) is 13.0. The van der Waals surface area contributed by atoms with E-state index in [-0.39, 0.29) is 17.6 Å². The van der Waals surface area contributed by atoms with E-state index >= 15 is 0 Å². The van der Waals surface area contributed by atoms with Crippen molar-refractivity contribution in [3.8, 4) is 0 Å². The lowest BCUT2D eigenvalue weighted by molar-refractivity contribution is -0.0822. The Morgan fingerprint density at radius 2 is 2.17 bits per heavy atom. The van der Waals surface area contributed by atoms with Gasteiger partial charge in [0.05, 0.1) is 11.9 Å². The van der Waals surface area contributed by atoms with E-state index in [0.717, 1.165) is 25.7 Å². The number of nitrogens with zero attached hydrogens (tertiary/aromatic N) is 3. The molecule has 7 nitrogen and oxygen atoms in total. The third-order valence-corrected chi connectivity index (χ3v) is 4.77. The molecular formula is C16H19N3O4. The van der Waals surface area contributed by atoms with Gasteiger partial charge in [-0.05, 0) is 44.7 Å². The standard InChI is InChI=1S/C16H19N3O4/c1-11-17-14(23-18-11)12-4-5-16(22-12)6-8-19(9-7-16)15(20)13-3-2-10-21-13/h2-3,10,12H,4-9H2,1H3/t12-/m0/s1. The number of furan rings is 1. The van der Waals surface area contributed by atoms with Crippen molar-refractivity contribution in [1.29, 1.82) is 0 Å². The lowest BCUT2D eigenvalue weighted by atomic mass is 9.88. The monoisotopic (exact) mass is 317 g/mol. The van der Waals surface area contributed by atoms with Gasteiger partial charge in [0.25, 0.3) is 11.8 Å². The highest BCUT2D eigenvalue weighted by molar-refractivity contribution is 5.91. The number of likely N-dealkylation sites (tertiary alicyclic amines) is 1. The lowest BCUT2D eigenvalue weighted by Crippen LogP contribution is -2.46. The number of ether oxygens (including phenoxy) is 1. The predicted octanol–water partition coefficient (Wildman–Crippen LogP) is 2.50. The van der Waals surface area contributed by atoms with Crippen molar-refractivity contribution in [2.24, 2.45) is 0 Å². The molecule has 2 fully saturated rings. The molecule has 7 heteroatoms. The number of amides is 1. The Morgan fingerprint density at radius 3 is 2.83 bits per heavy atom. The van der Waals surface area contributed by atoms with Gasteiger partial charge in [-0.25, -0.2) is 0 Å². The Labute approximate surface area is 133 Å². The van der Waals surface area contributed by atoms with Crippen molar-refractivity contribution < 1.29 is 18.5 Å². The minimum absolute atomic E-state index is 0.0491. The molecule has 23 heavy (non-hydrogen) atoms. The highest BCUT2D eigenvalue weighted by atomic mass is 16.5. The molecule has 1 amide bonds. The maximum absolute atomic E-state index is 12.3. The van der Waals surface area contributed by atoms with Gasteiger partial charge in [0.2, 0.25) is 0 Å². The van der Waals surface area contributed by atoms with E-state index in [9.17, 15) is 4.79 Å². The Hall–Kier alpha value is -2.15. The molecule has 2 aliphatic rings. The fourth-order valence-electron chi connectivity index (χ4n) is 3.47. The highest BCUT2D eigenvalue weighted by Gasteiger charge is 2.45. The summed E-state index contributed by atoms with van der Waals surface area (Å²) in [5.74, 6) is 1.54. The molecule has 0 N–H and O–H groups in total. The van der Waals surface area contributed by atoms with Gasteiger partial charge in [-0.15, -0.1) is 0 Å². The number of hydrogen-bond acceptors (Lipinski definition) is 6. The molecule has 2 aliphatic heterocycles. The summed E-state index contributed by atoms with van der Waals surface area (Å²) in [7, 11) is 0. The number of aromatic nitrogens is 2. The van der Waals surface area contributed by atoms with Crippen LogP contribution in [0.1, 0.15) is 54.1 Å². The van der Waals surface area contributed by atoms with Crippen molar-refractivity contribution in [1.82, 2.24) is 15.0 Å². The Bertz CT molecular complexity index is 686. The van der Waals surface area contributed by atoms with Crippen LogP contribution in [0.5, 0.6) is 0 Å². The predicted molar refractivity (Wildman–Crippen MR) is 78.7 cm³/mol. The molecule has 0 bridgehead atoms. The van der Waals surface area contributed by atoms with Crippen LogP contribution >= 0.6 is 0 Å². The molecule has 0 unspecified atom stereocenters. The van der Waals surface area contributed by atoms with Gasteiger partial charge in [0.1, 0.15) is 6.10 Å². The van der Waals surface area contributed by atoms with Gasteiger partial charge < -0.3 is 18.6 Å². The van der Waals surface area contributed by atoms with Crippen molar-refractivity contribution in [2.45, 2.75) is 44.3 Å². The van der Waals surface area contributed by atoms with Crippen LogP contribution in [0.15, 0.2) is 27.3 Å². The molecule has 2 saturated heterocycles. The molecule has 2 aromatic rings. The molecular weight excluding hydrogens is 298 g/mol. The number of rotatable bonds is 2. The van der Waals surface area contributed by atoms with Crippen LogP contribution in [0, 0.1) is 6.92 Å². The lowest BCUT2D eigenvalue weighted by Gasteiger charge is -2.38. The number of aryl methyl sites for hydroxylation is 1. The average Bonchev–Trinajstić information content (AvgIpc) is 3.28. The summed E-state index contributed by atoms with van der Waals surface area (Å²) in [5.41, 5.74) is -0.174. The van der Waals surface area contributed by atoms with Crippen LogP contribution < -0.4 is 0 Å². The SMILES string of the molecule is Cc1noc([C@@H]2CCC3(CCN(C(=O)c4ccco4)CC3)O2)n1. The van der Waals surface area contributed by atoms with E-state index < -0.39 is 0 Å². The zero-order valence-electron chi connectivity index (χ0n) is 13.0.